The van der Waals surface area contributed by atoms with Crippen molar-refractivity contribution in [2.24, 2.45) is 0 Å². The number of ether oxygens (including phenoxy) is 2. The van der Waals surface area contributed by atoms with Crippen LogP contribution < -0.4 is 14.8 Å². The maximum atomic E-state index is 13.8. The second kappa shape index (κ2) is 11.2. The van der Waals surface area contributed by atoms with Crippen LogP contribution >= 0.6 is 0 Å². The molecule has 0 saturated heterocycles. The number of benzene rings is 3. The normalized spacial score (nSPS) is 10.8. The number of nitro groups is 1. The van der Waals surface area contributed by atoms with Gasteiger partial charge in [0.15, 0.2) is 11.5 Å². The second-order valence-corrected chi connectivity index (χ2v) is 6.96. The monoisotopic (exact) mass is 461 g/mol. The van der Waals surface area contributed by atoms with Gasteiger partial charge in [0.2, 0.25) is 0 Å². The molecule has 0 spiro atoms. The lowest BCUT2D eigenvalue weighted by molar-refractivity contribution is -0.384. The average Bonchev–Trinajstić information content (AvgIpc) is 2.83. The van der Waals surface area contributed by atoms with Crippen LogP contribution in [0, 0.1) is 27.3 Å². The highest BCUT2D eigenvalue weighted by Gasteiger charge is 2.14. The zero-order valence-corrected chi connectivity index (χ0v) is 18.2. The lowest BCUT2D eigenvalue weighted by Gasteiger charge is -2.13. The number of carbonyl (C=O) groups excluding carboxylic acids is 1. The second-order valence-electron chi connectivity index (χ2n) is 6.96. The molecule has 3 aromatic carbocycles. The number of nitro benzene ring substituents is 1. The zero-order valence-electron chi connectivity index (χ0n) is 18.2. The number of hydrogen-bond acceptors (Lipinski definition) is 6. The molecule has 172 valence electrons. The molecule has 0 saturated carbocycles. The highest BCUT2D eigenvalue weighted by molar-refractivity contribution is 6.09. The van der Waals surface area contributed by atoms with Crippen LogP contribution in [-0.2, 0) is 11.4 Å². The highest BCUT2D eigenvalue weighted by atomic mass is 19.1. The molecule has 0 atom stereocenters. The fourth-order valence-electron chi connectivity index (χ4n) is 2.99. The van der Waals surface area contributed by atoms with Gasteiger partial charge in [-0.1, -0.05) is 30.3 Å². The van der Waals surface area contributed by atoms with Crippen LogP contribution in [0.15, 0.2) is 72.3 Å². The predicted molar refractivity (Wildman–Crippen MR) is 124 cm³/mol. The first kappa shape index (κ1) is 23.9. The van der Waals surface area contributed by atoms with Crippen molar-refractivity contribution in [1.82, 2.24) is 0 Å². The summed E-state index contributed by atoms with van der Waals surface area (Å²) in [5.74, 6) is -0.609. The molecular weight excluding hydrogens is 441 g/mol. The molecule has 0 aliphatic heterocycles. The fourth-order valence-corrected chi connectivity index (χ4v) is 2.99. The van der Waals surface area contributed by atoms with E-state index < -0.39 is 16.6 Å². The van der Waals surface area contributed by atoms with Crippen molar-refractivity contribution in [3.8, 4) is 17.6 Å². The number of amides is 1. The van der Waals surface area contributed by atoms with Crippen LogP contribution in [0.1, 0.15) is 18.1 Å². The molecule has 0 unspecified atom stereocenters. The number of nitriles is 1. The van der Waals surface area contributed by atoms with E-state index in [-0.39, 0.29) is 23.6 Å². The van der Waals surface area contributed by atoms with Gasteiger partial charge in [-0.25, -0.2) is 4.39 Å². The molecule has 0 radical (unpaired) electrons. The Kier molecular flexibility index (Phi) is 7.92. The first-order valence-electron chi connectivity index (χ1n) is 10.2. The Morgan fingerprint density at radius 3 is 2.62 bits per heavy atom. The summed E-state index contributed by atoms with van der Waals surface area (Å²) >= 11 is 0. The van der Waals surface area contributed by atoms with Crippen molar-refractivity contribution in [2.75, 3.05) is 11.9 Å². The number of non-ortho nitro benzene ring substituents is 1. The van der Waals surface area contributed by atoms with E-state index in [1.165, 1.54) is 36.4 Å². The molecule has 0 aliphatic rings. The van der Waals surface area contributed by atoms with Crippen LogP contribution in [0.3, 0.4) is 0 Å². The third-order valence-electron chi connectivity index (χ3n) is 4.58. The molecule has 1 amide bonds. The number of anilines is 1. The minimum atomic E-state index is -0.753. The van der Waals surface area contributed by atoms with E-state index in [0.717, 1.165) is 0 Å². The smallest absolute Gasteiger partial charge is 0.269 e. The lowest BCUT2D eigenvalue weighted by Crippen LogP contribution is -2.14. The number of nitrogens with one attached hydrogen (secondary N) is 1. The van der Waals surface area contributed by atoms with E-state index >= 15 is 0 Å². The van der Waals surface area contributed by atoms with Crippen LogP contribution in [0.2, 0.25) is 0 Å². The van der Waals surface area contributed by atoms with Gasteiger partial charge in [0.05, 0.1) is 17.2 Å². The van der Waals surface area contributed by atoms with E-state index in [1.54, 1.807) is 43.3 Å². The van der Waals surface area contributed by atoms with E-state index in [2.05, 4.69) is 5.32 Å². The number of carbonyl (C=O) groups is 1. The standard InChI is InChI=1S/C25H20FN3O5/c1-2-33-24-14-17(12-19(15-27)25(30)28-22-9-4-3-8-21(22)26)10-11-23(24)34-16-18-6-5-7-20(13-18)29(31)32/h3-14H,2,16H2,1H3,(H,28,30)/b19-12-. The molecule has 0 heterocycles. The van der Waals surface area contributed by atoms with Crippen molar-refractivity contribution in [3.63, 3.8) is 0 Å². The van der Waals surface area contributed by atoms with Gasteiger partial charge in [-0.05, 0) is 48.4 Å². The van der Waals surface area contributed by atoms with Gasteiger partial charge >= 0.3 is 0 Å². The van der Waals surface area contributed by atoms with Gasteiger partial charge in [0.25, 0.3) is 11.6 Å². The van der Waals surface area contributed by atoms with Gasteiger partial charge in [0, 0.05) is 12.1 Å². The molecule has 0 fully saturated rings. The molecular formula is C25H20FN3O5. The average molecular weight is 461 g/mol. The van der Waals surface area contributed by atoms with Crippen molar-refractivity contribution >= 4 is 23.4 Å². The fraction of sp³-hybridized carbons (Fsp3) is 0.120. The van der Waals surface area contributed by atoms with Crippen LogP contribution in [0.25, 0.3) is 6.08 Å². The molecule has 3 rings (SSSR count). The number of halogens is 1. The summed E-state index contributed by atoms with van der Waals surface area (Å²) in [5, 5.41) is 22.8. The highest BCUT2D eigenvalue weighted by Crippen LogP contribution is 2.30. The Labute approximate surface area is 195 Å². The maximum absolute atomic E-state index is 13.8. The van der Waals surface area contributed by atoms with Gasteiger partial charge < -0.3 is 14.8 Å². The maximum Gasteiger partial charge on any atom is 0.269 e. The van der Waals surface area contributed by atoms with Crippen LogP contribution in [0.4, 0.5) is 15.8 Å². The van der Waals surface area contributed by atoms with Crippen molar-refractivity contribution in [2.45, 2.75) is 13.5 Å². The minimum Gasteiger partial charge on any atom is -0.490 e. The van der Waals surface area contributed by atoms with E-state index in [4.69, 9.17) is 9.47 Å². The summed E-state index contributed by atoms with van der Waals surface area (Å²) in [6, 6.07) is 18.4. The third-order valence-corrected chi connectivity index (χ3v) is 4.58. The summed E-state index contributed by atoms with van der Waals surface area (Å²) in [5.41, 5.74) is 0.803. The number of hydrogen-bond donors (Lipinski definition) is 1. The Morgan fingerprint density at radius 2 is 1.91 bits per heavy atom. The van der Waals surface area contributed by atoms with E-state index in [1.807, 2.05) is 6.07 Å². The topological polar surface area (TPSA) is 114 Å². The molecule has 9 heteroatoms. The van der Waals surface area contributed by atoms with Gasteiger partial charge in [-0.15, -0.1) is 0 Å². The first-order valence-corrected chi connectivity index (χ1v) is 10.2. The van der Waals surface area contributed by atoms with Gasteiger partial charge in [-0.2, -0.15) is 5.26 Å². The molecule has 0 bridgehead atoms. The quantitative estimate of drug-likeness (QED) is 0.201. The van der Waals surface area contributed by atoms with Crippen molar-refractivity contribution in [3.05, 3.63) is 99.4 Å². The SMILES string of the molecule is CCOc1cc(/C=C(/C#N)C(=O)Nc2ccccc2F)ccc1OCc1cccc([N+](=O)[O-])c1. The summed E-state index contributed by atoms with van der Waals surface area (Å²) in [6.07, 6.45) is 1.35. The van der Waals surface area contributed by atoms with E-state index in [9.17, 15) is 24.6 Å². The Hall–Kier alpha value is -4.71. The van der Waals surface area contributed by atoms with Crippen LogP contribution in [-0.4, -0.2) is 17.4 Å². The molecule has 1 N–H and O–H groups in total. The van der Waals surface area contributed by atoms with E-state index in [0.29, 0.717) is 29.2 Å². The van der Waals surface area contributed by atoms with Gasteiger partial charge in [0.1, 0.15) is 24.1 Å². The lowest BCUT2D eigenvalue weighted by atomic mass is 10.1. The third kappa shape index (κ3) is 6.17. The number of nitrogens with zero attached hydrogens (tertiary/aromatic N) is 2. The van der Waals surface area contributed by atoms with Crippen molar-refractivity contribution in [1.29, 1.82) is 5.26 Å². The number of rotatable bonds is 9. The Morgan fingerprint density at radius 1 is 1.12 bits per heavy atom. The summed E-state index contributed by atoms with van der Waals surface area (Å²) in [7, 11) is 0. The summed E-state index contributed by atoms with van der Waals surface area (Å²) in [6.45, 7) is 2.19. The molecule has 34 heavy (non-hydrogen) atoms. The van der Waals surface area contributed by atoms with Crippen LogP contribution in [0.5, 0.6) is 11.5 Å². The summed E-state index contributed by atoms with van der Waals surface area (Å²) in [4.78, 5) is 22.9. The molecule has 0 aromatic heterocycles. The van der Waals surface area contributed by atoms with Gasteiger partial charge in [-0.3, -0.25) is 14.9 Å². The Bertz CT molecular complexity index is 1280. The summed E-state index contributed by atoms with van der Waals surface area (Å²) < 4.78 is 25.2. The first-order chi connectivity index (χ1) is 16.4. The number of para-hydroxylation sites is 1. The largest absolute Gasteiger partial charge is 0.490 e. The zero-order chi connectivity index (χ0) is 24.5. The van der Waals surface area contributed by atoms with Crippen molar-refractivity contribution < 1.29 is 23.6 Å². The molecule has 3 aromatic rings. The Balaban J connectivity index is 1.79. The predicted octanol–water partition coefficient (Wildman–Crippen LogP) is 5.26. The minimum absolute atomic E-state index is 0.0337. The molecule has 0 aliphatic carbocycles. The molecule has 8 nitrogen and oxygen atoms in total.